The molecule has 0 saturated heterocycles. The molecule has 3 nitrogen and oxygen atoms in total. The summed E-state index contributed by atoms with van der Waals surface area (Å²) >= 11 is 5.92. The molecule has 3 rings (SSSR count). The van der Waals surface area contributed by atoms with E-state index in [9.17, 15) is 0 Å². The van der Waals surface area contributed by atoms with Gasteiger partial charge in [-0.1, -0.05) is 11.6 Å². The van der Waals surface area contributed by atoms with Crippen molar-refractivity contribution in [2.45, 2.75) is 0 Å². The van der Waals surface area contributed by atoms with Crippen LogP contribution in [-0.2, 0) is 0 Å². The first-order chi connectivity index (χ1) is 8.22. The summed E-state index contributed by atoms with van der Waals surface area (Å²) in [6.07, 6.45) is 7.94. The fraction of sp³-hybridized carbons (Fsp3) is 0.0769. The Hall–Kier alpha value is -1.87. The molecule has 0 unspecified atom stereocenters. The molecule has 2 heterocycles. The van der Waals surface area contributed by atoms with Gasteiger partial charge in [-0.3, -0.25) is 0 Å². The molecule has 1 aromatic carbocycles. The van der Waals surface area contributed by atoms with Gasteiger partial charge in [-0.2, -0.15) is 0 Å². The van der Waals surface area contributed by atoms with Crippen molar-refractivity contribution in [2.75, 3.05) is 7.05 Å². The van der Waals surface area contributed by atoms with Crippen LogP contribution in [0.15, 0.2) is 64.1 Å². The maximum atomic E-state index is 5.92. The van der Waals surface area contributed by atoms with E-state index in [1.165, 1.54) is 0 Å². The van der Waals surface area contributed by atoms with Gasteiger partial charge in [0.15, 0.2) is 5.82 Å². The largest absolute Gasteiger partial charge is 0.357 e. The topological polar surface area (TPSA) is 28.0 Å². The highest BCUT2D eigenvalue weighted by Gasteiger charge is 2.08. The number of allylic oxidation sites excluding steroid dienone is 3. The maximum absolute atomic E-state index is 5.92. The molecular weight excluding hydrogens is 234 g/mol. The Bertz CT molecular complexity index is 667. The number of fused-ring (bicyclic) bond motifs is 1. The molecule has 2 aliphatic heterocycles. The van der Waals surface area contributed by atoms with E-state index in [-0.39, 0.29) is 0 Å². The van der Waals surface area contributed by atoms with Gasteiger partial charge in [-0.05, 0) is 30.4 Å². The summed E-state index contributed by atoms with van der Waals surface area (Å²) in [5.74, 6) is 0.739. The van der Waals surface area contributed by atoms with Gasteiger partial charge in [0.2, 0.25) is 0 Å². The van der Waals surface area contributed by atoms with Crippen molar-refractivity contribution in [2.24, 2.45) is 9.98 Å². The number of benzene rings is 1. The Balaban J connectivity index is 2.13. The van der Waals surface area contributed by atoms with Crippen molar-refractivity contribution in [1.29, 1.82) is 0 Å². The first-order valence-electron chi connectivity index (χ1n) is 5.28. The molecule has 0 radical (unpaired) electrons. The molecule has 2 aliphatic rings. The zero-order valence-corrected chi connectivity index (χ0v) is 10.0. The minimum atomic E-state index is 0.684. The molecule has 0 atom stereocenters. The van der Waals surface area contributed by atoms with Gasteiger partial charge in [-0.25, -0.2) is 9.98 Å². The van der Waals surface area contributed by atoms with E-state index in [1.54, 1.807) is 0 Å². The summed E-state index contributed by atoms with van der Waals surface area (Å²) in [7, 11) is 1.98. The first kappa shape index (κ1) is 10.3. The molecule has 0 N–H and O–H groups in total. The Morgan fingerprint density at radius 1 is 1.06 bits per heavy atom. The van der Waals surface area contributed by atoms with Gasteiger partial charge in [0, 0.05) is 30.0 Å². The third kappa shape index (κ3) is 1.89. The minimum Gasteiger partial charge on any atom is -0.357 e. The molecule has 17 heavy (non-hydrogen) atoms. The average Bonchev–Trinajstić information content (AvgIpc) is 2.72. The number of hydrogen-bond acceptors (Lipinski definition) is 3. The van der Waals surface area contributed by atoms with Crippen molar-refractivity contribution in [3.8, 4) is 0 Å². The molecule has 1 aromatic rings. The zero-order valence-electron chi connectivity index (χ0n) is 9.26. The lowest BCUT2D eigenvalue weighted by Crippen LogP contribution is -2.20. The van der Waals surface area contributed by atoms with Gasteiger partial charge in [0.05, 0.1) is 10.7 Å². The summed E-state index contributed by atoms with van der Waals surface area (Å²) in [5, 5.41) is 2.39. The number of rotatable bonds is 0. The standard InChI is InChI=1S/C13H10ClN3/c1-17-6-4-9(5-7-17)13-15-11-3-2-10(14)8-12(11)16-13/h2-8H,1H3. The van der Waals surface area contributed by atoms with Crippen LogP contribution in [0.3, 0.4) is 0 Å². The Morgan fingerprint density at radius 3 is 2.53 bits per heavy atom. The van der Waals surface area contributed by atoms with Crippen LogP contribution < -0.4 is 10.7 Å². The summed E-state index contributed by atoms with van der Waals surface area (Å²) in [4.78, 5) is 10.9. The summed E-state index contributed by atoms with van der Waals surface area (Å²) in [6, 6.07) is 5.54. The quantitative estimate of drug-likeness (QED) is 0.683. The Morgan fingerprint density at radius 2 is 1.76 bits per heavy atom. The smallest absolute Gasteiger partial charge is 0.160 e. The van der Waals surface area contributed by atoms with Crippen LogP contribution in [0.25, 0.3) is 0 Å². The number of halogens is 1. The molecule has 0 fully saturated rings. The second-order valence-electron chi connectivity index (χ2n) is 3.93. The van der Waals surface area contributed by atoms with Crippen molar-refractivity contribution in [3.63, 3.8) is 0 Å². The van der Waals surface area contributed by atoms with Crippen LogP contribution >= 0.6 is 11.6 Å². The summed E-state index contributed by atoms with van der Waals surface area (Å²) in [5.41, 5.74) is 1.01. The van der Waals surface area contributed by atoms with Crippen molar-refractivity contribution < 1.29 is 0 Å². The van der Waals surface area contributed by atoms with Crippen LogP contribution in [0.5, 0.6) is 0 Å². The van der Waals surface area contributed by atoms with E-state index in [1.807, 2.05) is 54.7 Å². The third-order valence-electron chi connectivity index (χ3n) is 2.63. The molecule has 4 heteroatoms. The van der Waals surface area contributed by atoms with Crippen LogP contribution in [0.1, 0.15) is 0 Å². The fourth-order valence-electron chi connectivity index (χ4n) is 1.71. The predicted molar refractivity (Wildman–Crippen MR) is 66.8 cm³/mol. The summed E-state index contributed by atoms with van der Waals surface area (Å²) in [6.45, 7) is 0. The Kier molecular flexibility index (Phi) is 2.34. The highest BCUT2D eigenvalue weighted by Crippen LogP contribution is 2.16. The highest BCUT2D eigenvalue weighted by molar-refractivity contribution is 6.30. The average molecular weight is 244 g/mol. The molecular formula is C13H10ClN3. The lowest BCUT2D eigenvalue weighted by molar-refractivity contribution is 0.619. The molecule has 0 spiro atoms. The van der Waals surface area contributed by atoms with Gasteiger partial charge >= 0.3 is 0 Å². The van der Waals surface area contributed by atoms with Crippen molar-refractivity contribution in [1.82, 2.24) is 4.90 Å². The molecule has 0 saturated carbocycles. The van der Waals surface area contributed by atoms with E-state index < -0.39 is 0 Å². The van der Waals surface area contributed by atoms with Gasteiger partial charge in [0.25, 0.3) is 0 Å². The molecule has 0 aromatic heterocycles. The van der Waals surface area contributed by atoms with E-state index in [0.717, 1.165) is 22.1 Å². The molecule has 0 bridgehead atoms. The number of hydrogen-bond donors (Lipinski definition) is 0. The summed E-state index contributed by atoms with van der Waals surface area (Å²) < 4.78 is 0. The highest BCUT2D eigenvalue weighted by atomic mass is 35.5. The van der Waals surface area contributed by atoms with Gasteiger partial charge < -0.3 is 4.90 Å². The maximum Gasteiger partial charge on any atom is 0.160 e. The fourth-order valence-corrected chi connectivity index (χ4v) is 1.88. The second kappa shape index (κ2) is 3.86. The lowest BCUT2D eigenvalue weighted by atomic mass is 10.2. The van der Waals surface area contributed by atoms with Gasteiger partial charge in [-0.15, -0.1) is 0 Å². The lowest BCUT2D eigenvalue weighted by Gasteiger charge is -2.11. The van der Waals surface area contributed by atoms with Gasteiger partial charge in [0.1, 0.15) is 0 Å². The predicted octanol–water partition coefficient (Wildman–Crippen LogP) is 1.78. The van der Waals surface area contributed by atoms with Crippen molar-refractivity contribution in [3.05, 3.63) is 69.9 Å². The molecule has 0 amide bonds. The van der Waals surface area contributed by atoms with Crippen LogP contribution in [-0.4, -0.2) is 11.9 Å². The monoisotopic (exact) mass is 243 g/mol. The number of nitrogens with zero attached hydrogens (tertiary/aromatic N) is 3. The normalized spacial score (nSPS) is 16.9. The molecule has 84 valence electrons. The van der Waals surface area contributed by atoms with E-state index >= 15 is 0 Å². The van der Waals surface area contributed by atoms with Crippen molar-refractivity contribution >= 4 is 11.6 Å². The van der Waals surface area contributed by atoms with Crippen LogP contribution in [0, 0.1) is 0 Å². The molecule has 0 aliphatic carbocycles. The second-order valence-corrected chi connectivity index (χ2v) is 4.37. The van der Waals surface area contributed by atoms with Crippen LogP contribution in [0.4, 0.5) is 0 Å². The first-order valence-corrected chi connectivity index (χ1v) is 5.66. The van der Waals surface area contributed by atoms with Crippen LogP contribution in [0.2, 0.25) is 5.02 Å². The third-order valence-corrected chi connectivity index (χ3v) is 2.86. The SMILES string of the molecule is CN1C=CC(=C2N=c3ccc(Cl)cc3=N2)C=C1. The van der Waals surface area contributed by atoms with E-state index in [0.29, 0.717) is 5.02 Å². The van der Waals surface area contributed by atoms with E-state index in [4.69, 9.17) is 11.6 Å². The Labute approximate surface area is 104 Å². The minimum absolute atomic E-state index is 0.684. The zero-order chi connectivity index (χ0) is 11.8. The van der Waals surface area contributed by atoms with E-state index in [2.05, 4.69) is 9.98 Å².